The summed E-state index contributed by atoms with van der Waals surface area (Å²) in [6.45, 7) is 1.33. The molecular formula is C11H16N2O3. The van der Waals surface area contributed by atoms with E-state index in [2.05, 4.69) is 10.3 Å². The number of hydrogen-bond acceptors (Lipinski definition) is 4. The lowest BCUT2D eigenvalue weighted by Gasteiger charge is -2.13. The number of aryl methyl sites for hydroxylation is 1. The van der Waals surface area contributed by atoms with Gasteiger partial charge in [0.05, 0.1) is 31.4 Å². The maximum atomic E-state index is 11.5. The van der Waals surface area contributed by atoms with Crippen molar-refractivity contribution in [2.75, 3.05) is 13.2 Å². The molecular weight excluding hydrogens is 208 g/mol. The fourth-order valence-corrected chi connectivity index (χ4v) is 1.28. The second-order valence-corrected chi connectivity index (χ2v) is 3.57. The number of aliphatic hydroxyl groups excluding tert-OH is 2. The number of rotatable bonds is 5. The second kappa shape index (κ2) is 6.19. The molecule has 0 saturated heterocycles. The average molecular weight is 224 g/mol. The standard InChI is InChI=1S/C11H16N2O3/c1-8-3-2-4-12-10(8)5-11(16)13-9(6-14)7-15/h2-4,9,14-15H,5-7H2,1H3,(H,13,16). The SMILES string of the molecule is Cc1cccnc1CC(=O)NC(CO)CO. The highest BCUT2D eigenvalue weighted by molar-refractivity contribution is 5.78. The van der Waals surface area contributed by atoms with Crippen molar-refractivity contribution in [2.45, 2.75) is 19.4 Å². The number of pyridine rings is 1. The van der Waals surface area contributed by atoms with Crippen LogP contribution in [0, 0.1) is 6.92 Å². The van der Waals surface area contributed by atoms with E-state index in [1.165, 1.54) is 0 Å². The summed E-state index contributed by atoms with van der Waals surface area (Å²) in [5.41, 5.74) is 1.65. The topological polar surface area (TPSA) is 82.5 Å². The average Bonchev–Trinajstić information content (AvgIpc) is 2.29. The molecule has 0 atom stereocenters. The highest BCUT2D eigenvalue weighted by Crippen LogP contribution is 2.03. The first-order valence-corrected chi connectivity index (χ1v) is 5.09. The third-order valence-corrected chi connectivity index (χ3v) is 2.25. The Hall–Kier alpha value is -1.46. The third kappa shape index (κ3) is 3.60. The summed E-state index contributed by atoms with van der Waals surface area (Å²) in [6.07, 6.45) is 1.79. The van der Waals surface area contributed by atoms with E-state index >= 15 is 0 Å². The summed E-state index contributed by atoms with van der Waals surface area (Å²) in [6, 6.07) is 3.09. The largest absolute Gasteiger partial charge is 0.394 e. The van der Waals surface area contributed by atoms with E-state index in [1.807, 2.05) is 13.0 Å². The highest BCUT2D eigenvalue weighted by atomic mass is 16.3. The van der Waals surface area contributed by atoms with Gasteiger partial charge in [-0.05, 0) is 18.6 Å². The van der Waals surface area contributed by atoms with Crippen LogP contribution >= 0.6 is 0 Å². The van der Waals surface area contributed by atoms with Crippen molar-refractivity contribution in [2.24, 2.45) is 0 Å². The molecule has 1 amide bonds. The van der Waals surface area contributed by atoms with Gasteiger partial charge in [0.25, 0.3) is 0 Å². The van der Waals surface area contributed by atoms with Crippen molar-refractivity contribution >= 4 is 5.91 Å². The van der Waals surface area contributed by atoms with Gasteiger partial charge in [-0.25, -0.2) is 0 Å². The number of nitrogens with one attached hydrogen (secondary N) is 1. The minimum atomic E-state index is -0.600. The number of hydrogen-bond donors (Lipinski definition) is 3. The van der Waals surface area contributed by atoms with Crippen LogP contribution in [-0.4, -0.2) is 40.4 Å². The molecule has 1 rings (SSSR count). The number of nitrogens with zero attached hydrogens (tertiary/aromatic N) is 1. The molecule has 16 heavy (non-hydrogen) atoms. The molecule has 1 heterocycles. The molecule has 0 fully saturated rings. The van der Waals surface area contributed by atoms with E-state index in [9.17, 15) is 4.79 Å². The Morgan fingerprint density at radius 3 is 2.75 bits per heavy atom. The first-order chi connectivity index (χ1) is 7.67. The van der Waals surface area contributed by atoms with Crippen molar-refractivity contribution in [1.82, 2.24) is 10.3 Å². The van der Waals surface area contributed by atoms with Gasteiger partial charge in [-0.1, -0.05) is 6.07 Å². The molecule has 1 aromatic rings. The van der Waals surface area contributed by atoms with Gasteiger partial charge >= 0.3 is 0 Å². The van der Waals surface area contributed by atoms with Crippen molar-refractivity contribution in [1.29, 1.82) is 0 Å². The van der Waals surface area contributed by atoms with Crippen molar-refractivity contribution in [3.63, 3.8) is 0 Å². The molecule has 3 N–H and O–H groups in total. The molecule has 0 aliphatic rings. The normalized spacial score (nSPS) is 10.5. The van der Waals surface area contributed by atoms with E-state index in [1.54, 1.807) is 12.3 Å². The van der Waals surface area contributed by atoms with Crippen LogP contribution in [0.15, 0.2) is 18.3 Å². The van der Waals surface area contributed by atoms with Crippen LogP contribution < -0.4 is 5.32 Å². The van der Waals surface area contributed by atoms with Crippen LogP contribution in [0.3, 0.4) is 0 Å². The Kier molecular flexibility index (Phi) is 4.88. The Balaban J connectivity index is 2.55. The monoisotopic (exact) mass is 224 g/mol. The zero-order valence-corrected chi connectivity index (χ0v) is 9.18. The molecule has 0 spiro atoms. The van der Waals surface area contributed by atoms with Gasteiger partial charge in [0.2, 0.25) is 5.91 Å². The number of carbonyl (C=O) groups is 1. The van der Waals surface area contributed by atoms with Gasteiger partial charge in [-0.15, -0.1) is 0 Å². The van der Waals surface area contributed by atoms with Crippen LogP contribution in [-0.2, 0) is 11.2 Å². The van der Waals surface area contributed by atoms with Gasteiger partial charge in [0.1, 0.15) is 0 Å². The molecule has 0 unspecified atom stereocenters. The molecule has 0 aliphatic heterocycles. The van der Waals surface area contributed by atoms with Gasteiger partial charge in [0.15, 0.2) is 0 Å². The first-order valence-electron chi connectivity index (χ1n) is 5.09. The molecule has 1 aromatic heterocycles. The Bertz CT molecular complexity index is 351. The Morgan fingerprint density at radius 1 is 1.50 bits per heavy atom. The highest BCUT2D eigenvalue weighted by Gasteiger charge is 2.11. The van der Waals surface area contributed by atoms with Gasteiger partial charge < -0.3 is 15.5 Å². The lowest BCUT2D eigenvalue weighted by molar-refractivity contribution is -0.121. The number of amides is 1. The first kappa shape index (κ1) is 12.6. The zero-order valence-electron chi connectivity index (χ0n) is 9.18. The third-order valence-electron chi connectivity index (χ3n) is 2.25. The van der Waals surface area contributed by atoms with E-state index < -0.39 is 6.04 Å². The smallest absolute Gasteiger partial charge is 0.226 e. The maximum Gasteiger partial charge on any atom is 0.226 e. The summed E-state index contributed by atoms with van der Waals surface area (Å²) < 4.78 is 0. The lowest BCUT2D eigenvalue weighted by Crippen LogP contribution is -2.41. The molecule has 0 radical (unpaired) electrons. The summed E-state index contributed by atoms with van der Waals surface area (Å²) in [7, 11) is 0. The van der Waals surface area contributed by atoms with Crippen molar-refractivity contribution < 1.29 is 15.0 Å². The minimum absolute atomic E-state index is 0.156. The van der Waals surface area contributed by atoms with Crippen molar-refractivity contribution in [3.05, 3.63) is 29.6 Å². The molecule has 0 aromatic carbocycles. The van der Waals surface area contributed by atoms with E-state index in [0.717, 1.165) is 5.56 Å². The lowest BCUT2D eigenvalue weighted by atomic mass is 10.1. The van der Waals surface area contributed by atoms with Crippen LogP contribution in [0.2, 0.25) is 0 Å². The maximum absolute atomic E-state index is 11.5. The van der Waals surface area contributed by atoms with E-state index in [-0.39, 0.29) is 25.5 Å². The zero-order chi connectivity index (χ0) is 12.0. The predicted molar refractivity (Wildman–Crippen MR) is 58.8 cm³/mol. The van der Waals surface area contributed by atoms with Crippen LogP contribution in [0.25, 0.3) is 0 Å². The van der Waals surface area contributed by atoms with Crippen LogP contribution in [0.5, 0.6) is 0 Å². The van der Waals surface area contributed by atoms with E-state index in [4.69, 9.17) is 10.2 Å². The summed E-state index contributed by atoms with van der Waals surface area (Å²) in [5, 5.41) is 20.1. The second-order valence-electron chi connectivity index (χ2n) is 3.57. The van der Waals surface area contributed by atoms with Gasteiger partial charge in [-0.3, -0.25) is 9.78 Å². The number of aromatic nitrogens is 1. The molecule has 0 bridgehead atoms. The minimum Gasteiger partial charge on any atom is -0.394 e. The number of aliphatic hydroxyl groups is 2. The molecule has 5 heteroatoms. The molecule has 88 valence electrons. The quantitative estimate of drug-likeness (QED) is 0.624. The fraction of sp³-hybridized carbons (Fsp3) is 0.455. The molecule has 5 nitrogen and oxygen atoms in total. The molecule has 0 aliphatic carbocycles. The summed E-state index contributed by atoms with van der Waals surface area (Å²) in [4.78, 5) is 15.6. The number of carbonyl (C=O) groups excluding carboxylic acids is 1. The Labute approximate surface area is 94.1 Å². The van der Waals surface area contributed by atoms with Gasteiger partial charge in [0, 0.05) is 6.20 Å². The fourth-order valence-electron chi connectivity index (χ4n) is 1.28. The van der Waals surface area contributed by atoms with Crippen molar-refractivity contribution in [3.8, 4) is 0 Å². The molecule has 0 saturated carbocycles. The van der Waals surface area contributed by atoms with Crippen LogP contribution in [0.1, 0.15) is 11.3 Å². The summed E-state index contributed by atoms with van der Waals surface area (Å²) in [5.74, 6) is -0.255. The summed E-state index contributed by atoms with van der Waals surface area (Å²) >= 11 is 0. The van der Waals surface area contributed by atoms with E-state index in [0.29, 0.717) is 5.69 Å². The predicted octanol–water partition coefficient (Wildman–Crippen LogP) is -0.598. The van der Waals surface area contributed by atoms with Gasteiger partial charge in [-0.2, -0.15) is 0 Å². The Morgan fingerprint density at radius 2 is 2.19 bits per heavy atom. The van der Waals surface area contributed by atoms with Crippen LogP contribution in [0.4, 0.5) is 0 Å².